The molecule has 524 valence electrons. The molecule has 7 saturated heterocycles. The monoisotopic (exact) mass is 1330 g/mol. The van der Waals surface area contributed by atoms with Crippen molar-refractivity contribution < 1.29 is 167 Å². The maximum absolute atomic E-state index is 13.3. The van der Waals surface area contributed by atoms with Gasteiger partial charge in [-0.15, -0.1) is 0 Å². The molecule has 35 atom stereocenters. The number of carbonyl (C=O) groups excluding carboxylic acids is 5. The first kappa shape index (κ1) is 74.6. The lowest BCUT2D eigenvalue weighted by atomic mass is 9.92. The number of amides is 5. The molecule has 7 aliphatic heterocycles. The van der Waals surface area contributed by atoms with E-state index in [1.807, 2.05) is 0 Å². The molecule has 7 fully saturated rings. The van der Waals surface area contributed by atoms with Gasteiger partial charge in [0.2, 0.25) is 29.5 Å². The molecule has 39 heteroatoms. The van der Waals surface area contributed by atoms with E-state index in [1.54, 1.807) is 0 Å². The molecule has 21 N–H and O–H groups in total. The summed E-state index contributed by atoms with van der Waals surface area (Å²) in [6.45, 7) is 2.75. The zero-order chi connectivity index (χ0) is 67.4. The van der Waals surface area contributed by atoms with Crippen LogP contribution in [0, 0.1) is 0 Å². The number of nitrogens with one attached hydrogen (secondary N) is 5. The van der Waals surface area contributed by atoms with Crippen LogP contribution in [0.3, 0.4) is 0 Å². The number of rotatable bonds is 22. The number of ether oxygens (including phenoxy) is 13. The van der Waals surface area contributed by atoms with Gasteiger partial charge in [-0.1, -0.05) is 0 Å². The molecule has 91 heavy (non-hydrogen) atoms. The predicted octanol–water partition coefficient (Wildman–Crippen LogP) is -13.5. The molecule has 7 heterocycles. The number of aliphatic hydroxyl groups is 16. The summed E-state index contributed by atoms with van der Waals surface area (Å²) in [5.41, 5.74) is 0. The minimum atomic E-state index is -2.20. The topological polar surface area (TPSA) is 589 Å². The molecular formula is C52H87N5O34. The van der Waals surface area contributed by atoms with Crippen molar-refractivity contribution in [3.8, 4) is 0 Å². The first-order valence-corrected chi connectivity index (χ1v) is 29.3. The lowest BCUT2D eigenvalue weighted by molar-refractivity contribution is -0.377. The van der Waals surface area contributed by atoms with Crippen molar-refractivity contribution >= 4 is 29.5 Å². The Bertz CT molecular complexity index is 2400. The van der Waals surface area contributed by atoms with Crippen molar-refractivity contribution in [3.05, 3.63) is 0 Å². The summed E-state index contributed by atoms with van der Waals surface area (Å²) in [6, 6.07) is -8.75. The average Bonchev–Trinajstić information content (AvgIpc) is 0.791. The number of carbonyl (C=O) groups is 5. The lowest BCUT2D eigenvalue weighted by Gasteiger charge is -2.52. The Morgan fingerprint density at radius 2 is 0.626 bits per heavy atom. The standard InChI is InChI=1S/C52H87N5O34/c1-13-30(67)37(74)39(76)51(80-13)90-44-28(56-18(6)65)47(85-22(10-60)41(44)87-48-25(53-15(3)62)35(72)32(69)20(8-58)83-48)79-12-24-34(71)43(27(46(78)82-24)55-17(5)64)89-50-29(57-19(7)66)45(91-52-40(77)38(75)31(68)14(2)81-52)42(23(11-61)86-50)88-49-26(54-16(4)63)36(73)33(70)21(9-59)84-49/h13-14,20-52,58-61,67-78H,8-12H2,1-7H3,(H,53,62)(H,54,63)(H,55,64)(H,56,65)(H,57,66)/t13-,14-,20+,21+,22+,23+,24+,25+,26+,27+,28+,29+,30+,31+,32-,33-,34-,35+,36+,37+,38+,39-,40-,41+,42+,43+,44+,45+,46?,47+,48-,49-,50-,51-,52-/m0/s1. The fourth-order valence-electron chi connectivity index (χ4n) is 11.8. The summed E-state index contributed by atoms with van der Waals surface area (Å²) < 4.78 is 79.0. The molecule has 0 spiro atoms. The van der Waals surface area contributed by atoms with E-state index in [4.69, 9.17) is 61.6 Å². The third kappa shape index (κ3) is 17.1. The first-order chi connectivity index (χ1) is 42.8. The number of hydrogen-bond acceptors (Lipinski definition) is 34. The summed E-state index contributed by atoms with van der Waals surface area (Å²) in [5, 5.41) is 188. The molecule has 0 bridgehead atoms. The maximum Gasteiger partial charge on any atom is 0.217 e. The fraction of sp³-hybridized carbons (Fsp3) is 0.904. The van der Waals surface area contributed by atoms with Gasteiger partial charge in [0.1, 0.15) is 158 Å². The van der Waals surface area contributed by atoms with Gasteiger partial charge in [-0.05, 0) is 13.8 Å². The Kier molecular flexibility index (Phi) is 26.5. The van der Waals surface area contributed by atoms with Gasteiger partial charge in [-0.2, -0.15) is 0 Å². The van der Waals surface area contributed by atoms with Crippen molar-refractivity contribution in [2.45, 2.75) is 263 Å². The molecule has 5 amide bonds. The zero-order valence-corrected chi connectivity index (χ0v) is 50.2. The minimum Gasteiger partial charge on any atom is -0.394 e. The Morgan fingerprint density at radius 1 is 0.308 bits per heavy atom. The van der Waals surface area contributed by atoms with Crippen LogP contribution in [0.2, 0.25) is 0 Å². The quantitative estimate of drug-likeness (QED) is 0.0479. The van der Waals surface area contributed by atoms with E-state index in [2.05, 4.69) is 26.6 Å². The second kappa shape index (κ2) is 32.3. The molecule has 0 aromatic rings. The Balaban J connectivity index is 1.24. The normalized spacial score (nSPS) is 47.1. The van der Waals surface area contributed by atoms with Crippen LogP contribution in [0.1, 0.15) is 48.5 Å². The van der Waals surface area contributed by atoms with E-state index in [0.29, 0.717) is 0 Å². The van der Waals surface area contributed by atoms with Gasteiger partial charge < -0.3 is 170 Å². The van der Waals surface area contributed by atoms with E-state index < -0.39 is 277 Å². The molecule has 0 radical (unpaired) electrons. The Labute approximate surface area is 518 Å². The van der Waals surface area contributed by atoms with Gasteiger partial charge >= 0.3 is 0 Å². The fourth-order valence-corrected chi connectivity index (χ4v) is 11.8. The third-order valence-corrected chi connectivity index (χ3v) is 16.5. The van der Waals surface area contributed by atoms with Gasteiger partial charge in [0.05, 0.1) is 45.2 Å². The summed E-state index contributed by atoms with van der Waals surface area (Å²) >= 11 is 0. The number of hydrogen-bond donors (Lipinski definition) is 21. The molecule has 0 aliphatic carbocycles. The van der Waals surface area contributed by atoms with E-state index in [9.17, 15) is 106 Å². The molecule has 7 rings (SSSR count). The SMILES string of the molecule is CC(=O)N[C@H]1[C@H](O[C@H]2[C@H](O[C@@H]3O[C@@H](C)[C@@H](O)[C@@H](O)[C@@H]3O)[C@@H](NC(C)=O)[C@H](OC[C@H]3OC(O)[C@H](NC(C)=O)[C@@H](O[C@@H]4O[C@H](CO)[C@@H](O[C@@H]5O[C@H](CO)[C@H](O)[C@H](O)[C@H]5NC(C)=O)[C@H](O[C@@H]5O[C@@H](C)[C@@H](O)[C@@H](O)[C@@H]5O)[C@H]4NC(C)=O)[C@H]3O)O[C@@H]2CO)O[C@H](CO)[C@H](O)[C@@H]1O. The summed E-state index contributed by atoms with van der Waals surface area (Å²) in [7, 11) is 0. The second-order valence-corrected chi connectivity index (χ2v) is 23.3. The zero-order valence-electron chi connectivity index (χ0n) is 50.2. The van der Waals surface area contributed by atoms with Crippen LogP contribution in [0.15, 0.2) is 0 Å². The van der Waals surface area contributed by atoms with Crippen LogP contribution in [-0.4, -0.2) is 359 Å². The van der Waals surface area contributed by atoms with Crippen molar-refractivity contribution in [1.82, 2.24) is 26.6 Å². The average molecular weight is 1330 g/mol. The first-order valence-electron chi connectivity index (χ1n) is 29.3. The van der Waals surface area contributed by atoms with Crippen LogP contribution < -0.4 is 26.6 Å². The second-order valence-electron chi connectivity index (χ2n) is 23.3. The van der Waals surface area contributed by atoms with Crippen molar-refractivity contribution in [1.29, 1.82) is 0 Å². The van der Waals surface area contributed by atoms with Gasteiger partial charge in [0, 0.05) is 34.6 Å². The highest BCUT2D eigenvalue weighted by atomic mass is 16.8. The van der Waals surface area contributed by atoms with Crippen molar-refractivity contribution in [3.63, 3.8) is 0 Å². The molecule has 7 aliphatic rings. The highest BCUT2D eigenvalue weighted by Crippen LogP contribution is 2.38. The largest absolute Gasteiger partial charge is 0.394 e. The van der Waals surface area contributed by atoms with Crippen molar-refractivity contribution in [2.24, 2.45) is 0 Å². The maximum atomic E-state index is 13.3. The van der Waals surface area contributed by atoms with Crippen molar-refractivity contribution in [2.75, 3.05) is 33.0 Å². The Morgan fingerprint density at radius 3 is 1.01 bits per heavy atom. The van der Waals surface area contributed by atoms with Gasteiger partial charge in [0.15, 0.2) is 44.0 Å². The lowest BCUT2D eigenvalue weighted by Crippen LogP contribution is -2.72. The van der Waals surface area contributed by atoms with E-state index in [0.717, 1.165) is 34.6 Å². The third-order valence-electron chi connectivity index (χ3n) is 16.5. The highest BCUT2D eigenvalue weighted by Gasteiger charge is 2.60. The van der Waals surface area contributed by atoms with Crippen LogP contribution >= 0.6 is 0 Å². The van der Waals surface area contributed by atoms with E-state index in [1.165, 1.54) is 13.8 Å². The predicted molar refractivity (Wildman–Crippen MR) is 287 cm³/mol. The highest BCUT2D eigenvalue weighted by molar-refractivity contribution is 5.75. The van der Waals surface area contributed by atoms with Gasteiger partial charge in [0.25, 0.3) is 0 Å². The summed E-state index contributed by atoms with van der Waals surface area (Å²) in [5.74, 6) is -4.19. The molecule has 0 saturated carbocycles. The molecular weight excluding hydrogens is 1240 g/mol. The Hall–Kier alpha value is -3.81. The van der Waals surface area contributed by atoms with Crippen LogP contribution in [0.25, 0.3) is 0 Å². The van der Waals surface area contributed by atoms with E-state index in [-0.39, 0.29) is 0 Å². The van der Waals surface area contributed by atoms with Gasteiger partial charge in [-0.3, -0.25) is 24.0 Å². The van der Waals surface area contributed by atoms with Gasteiger partial charge in [-0.25, -0.2) is 0 Å². The van der Waals surface area contributed by atoms with Crippen LogP contribution in [0.5, 0.6) is 0 Å². The molecule has 1 unspecified atom stereocenters. The molecule has 39 nitrogen and oxygen atoms in total. The number of aliphatic hydroxyl groups excluding tert-OH is 16. The van der Waals surface area contributed by atoms with Crippen LogP contribution in [0.4, 0.5) is 0 Å². The summed E-state index contributed by atoms with van der Waals surface area (Å²) in [6.07, 6.45) is -55.5. The van der Waals surface area contributed by atoms with E-state index >= 15 is 0 Å². The smallest absolute Gasteiger partial charge is 0.217 e. The minimum absolute atomic E-state index is 0.776. The van der Waals surface area contributed by atoms with Crippen LogP contribution in [-0.2, 0) is 85.6 Å². The molecule has 0 aromatic carbocycles. The molecule has 0 aromatic heterocycles. The summed E-state index contributed by atoms with van der Waals surface area (Å²) in [4.78, 5) is 64.3.